The average Bonchev–Trinajstić information content (AvgIpc) is 2.39. The summed E-state index contributed by atoms with van der Waals surface area (Å²) in [5.41, 5.74) is 5.02. The molecule has 1 amide bonds. The largest absolute Gasteiger partial charge is 0.396 e. The van der Waals surface area contributed by atoms with Crippen molar-refractivity contribution in [1.82, 2.24) is 0 Å². The van der Waals surface area contributed by atoms with Crippen LogP contribution in [0.1, 0.15) is 15.9 Å². The number of anilines is 2. The van der Waals surface area contributed by atoms with E-state index in [0.29, 0.717) is 0 Å². The Morgan fingerprint density at radius 1 is 1.05 bits per heavy atom. The van der Waals surface area contributed by atoms with Crippen LogP contribution in [-0.2, 0) is 0 Å². The molecule has 3 N–H and O–H groups in total. The molecule has 3 nitrogen and oxygen atoms in total. The maximum absolute atomic E-state index is 13.6. The van der Waals surface area contributed by atoms with Crippen molar-refractivity contribution in [3.63, 3.8) is 0 Å². The summed E-state index contributed by atoms with van der Waals surface area (Å²) >= 11 is 0. The van der Waals surface area contributed by atoms with Gasteiger partial charge in [-0.05, 0) is 36.8 Å². The van der Waals surface area contributed by atoms with E-state index >= 15 is 0 Å². The van der Waals surface area contributed by atoms with Crippen LogP contribution in [0.5, 0.6) is 0 Å². The Labute approximate surface area is 113 Å². The van der Waals surface area contributed by atoms with Crippen molar-refractivity contribution >= 4 is 17.3 Å². The highest BCUT2D eigenvalue weighted by Gasteiger charge is 2.13. The van der Waals surface area contributed by atoms with Crippen LogP contribution in [0.2, 0.25) is 0 Å². The lowest BCUT2D eigenvalue weighted by Gasteiger charge is -2.08. The third-order valence-corrected chi connectivity index (χ3v) is 2.75. The zero-order valence-electron chi connectivity index (χ0n) is 10.5. The predicted octanol–water partition coefficient (Wildman–Crippen LogP) is 3.25. The number of benzene rings is 2. The smallest absolute Gasteiger partial charge is 0.255 e. The van der Waals surface area contributed by atoms with Gasteiger partial charge in [0.25, 0.3) is 5.91 Å². The highest BCUT2D eigenvalue weighted by atomic mass is 19.1. The number of nitrogens with one attached hydrogen (secondary N) is 1. The molecular weight excluding hydrogens is 269 g/mol. The number of carbonyl (C=O) groups excluding carboxylic acids is 1. The quantitative estimate of drug-likeness (QED) is 0.830. The lowest BCUT2D eigenvalue weighted by atomic mass is 10.1. The SMILES string of the molecule is Cc1cc(F)c(NC(=O)c2ccc(F)c(N)c2)cc1F. The number of amides is 1. The third kappa shape index (κ3) is 2.74. The normalized spacial score (nSPS) is 10.4. The van der Waals surface area contributed by atoms with Crippen LogP contribution < -0.4 is 11.1 Å². The van der Waals surface area contributed by atoms with Gasteiger partial charge in [0.05, 0.1) is 11.4 Å². The van der Waals surface area contributed by atoms with Gasteiger partial charge in [-0.2, -0.15) is 0 Å². The number of nitrogens with two attached hydrogens (primary N) is 1. The Bertz CT molecular complexity index is 686. The summed E-state index contributed by atoms with van der Waals surface area (Å²) in [6.45, 7) is 1.41. The zero-order valence-corrected chi connectivity index (χ0v) is 10.5. The number of hydrogen-bond acceptors (Lipinski definition) is 2. The zero-order chi connectivity index (χ0) is 14.9. The molecule has 0 bridgehead atoms. The molecule has 0 aliphatic carbocycles. The molecule has 0 radical (unpaired) electrons. The summed E-state index contributed by atoms with van der Waals surface area (Å²) in [4.78, 5) is 11.8. The van der Waals surface area contributed by atoms with E-state index in [-0.39, 0.29) is 22.5 Å². The summed E-state index contributed by atoms with van der Waals surface area (Å²) < 4.78 is 39.9. The molecule has 0 aliphatic heterocycles. The molecule has 0 spiro atoms. The number of halogens is 3. The topological polar surface area (TPSA) is 55.1 Å². The predicted molar refractivity (Wildman–Crippen MR) is 69.9 cm³/mol. The van der Waals surface area contributed by atoms with Gasteiger partial charge < -0.3 is 11.1 Å². The number of carbonyl (C=O) groups is 1. The van der Waals surface area contributed by atoms with Crippen molar-refractivity contribution in [2.75, 3.05) is 11.1 Å². The summed E-state index contributed by atoms with van der Waals surface area (Å²) in [6, 6.07) is 5.20. The van der Waals surface area contributed by atoms with Gasteiger partial charge in [-0.15, -0.1) is 0 Å². The van der Waals surface area contributed by atoms with Crippen LogP contribution in [-0.4, -0.2) is 5.91 Å². The van der Waals surface area contributed by atoms with Crippen LogP contribution in [0.4, 0.5) is 24.5 Å². The summed E-state index contributed by atoms with van der Waals surface area (Å²) in [7, 11) is 0. The second-order valence-corrected chi connectivity index (χ2v) is 4.27. The van der Waals surface area contributed by atoms with Crippen LogP contribution in [0.25, 0.3) is 0 Å². The first kappa shape index (κ1) is 13.9. The molecule has 20 heavy (non-hydrogen) atoms. The number of rotatable bonds is 2. The van der Waals surface area contributed by atoms with E-state index < -0.39 is 23.4 Å². The standard InChI is InChI=1S/C14H11F3N2O/c1-7-4-11(17)13(6-10(7)16)19-14(20)8-2-3-9(15)12(18)5-8/h2-6H,18H2,1H3,(H,19,20). The van der Waals surface area contributed by atoms with E-state index in [2.05, 4.69) is 5.32 Å². The summed E-state index contributed by atoms with van der Waals surface area (Å²) in [5.74, 6) is -2.76. The number of hydrogen-bond donors (Lipinski definition) is 2. The fraction of sp³-hybridized carbons (Fsp3) is 0.0714. The molecule has 0 fully saturated rings. The molecule has 6 heteroatoms. The second-order valence-electron chi connectivity index (χ2n) is 4.27. The van der Waals surface area contributed by atoms with Crippen LogP contribution in [0, 0.1) is 24.4 Å². The minimum absolute atomic E-state index is 0.0456. The monoisotopic (exact) mass is 280 g/mol. The molecule has 0 aliphatic rings. The van der Waals surface area contributed by atoms with E-state index in [4.69, 9.17) is 5.73 Å². The fourth-order valence-electron chi connectivity index (χ4n) is 1.62. The third-order valence-electron chi connectivity index (χ3n) is 2.75. The lowest BCUT2D eigenvalue weighted by Crippen LogP contribution is -2.14. The fourth-order valence-corrected chi connectivity index (χ4v) is 1.62. The van der Waals surface area contributed by atoms with Crippen LogP contribution in [0.3, 0.4) is 0 Å². The molecule has 0 aromatic heterocycles. The second kappa shape index (κ2) is 5.24. The summed E-state index contributed by atoms with van der Waals surface area (Å²) in [6.07, 6.45) is 0. The van der Waals surface area contributed by atoms with E-state index in [1.807, 2.05) is 0 Å². The molecule has 0 saturated carbocycles. The van der Waals surface area contributed by atoms with Gasteiger partial charge in [0, 0.05) is 11.6 Å². The molecule has 0 heterocycles. The Morgan fingerprint density at radius 2 is 1.75 bits per heavy atom. The van der Waals surface area contributed by atoms with Gasteiger partial charge in [0.2, 0.25) is 0 Å². The molecule has 104 valence electrons. The van der Waals surface area contributed by atoms with Gasteiger partial charge in [-0.3, -0.25) is 4.79 Å². The Hall–Kier alpha value is -2.50. The average molecular weight is 280 g/mol. The number of aryl methyl sites for hydroxylation is 1. The van der Waals surface area contributed by atoms with Gasteiger partial charge in [0.1, 0.15) is 17.5 Å². The molecule has 0 unspecified atom stereocenters. The van der Waals surface area contributed by atoms with Gasteiger partial charge in [-0.25, -0.2) is 13.2 Å². The van der Waals surface area contributed by atoms with Gasteiger partial charge in [-0.1, -0.05) is 0 Å². The highest BCUT2D eigenvalue weighted by molar-refractivity contribution is 6.04. The van der Waals surface area contributed by atoms with E-state index in [1.54, 1.807) is 0 Å². The first-order valence-electron chi connectivity index (χ1n) is 5.70. The summed E-state index contributed by atoms with van der Waals surface area (Å²) in [5, 5.41) is 2.21. The molecule has 0 atom stereocenters. The lowest BCUT2D eigenvalue weighted by molar-refractivity contribution is 0.102. The minimum Gasteiger partial charge on any atom is -0.396 e. The highest BCUT2D eigenvalue weighted by Crippen LogP contribution is 2.20. The maximum Gasteiger partial charge on any atom is 0.255 e. The van der Waals surface area contributed by atoms with Crippen molar-refractivity contribution in [2.24, 2.45) is 0 Å². The van der Waals surface area contributed by atoms with Crippen LogP contribution in [0.15, 0.2) is 30.3 Å². The van der Waals surface area contributed by atoms with Crippen molar-refractivity contribution < 1.29 is 18.0 Å². The van der Waals surface area contributed by atoms with Crippen molar-refractivity contribution in [3.8, 4) is 0 Å². The van der Waals surface area contributed by atoms with Crippen molar-refractivity contribution in [3.05, 3.63) is 58.9 Å². The molecular formula is C14H11F3N2O. The first-order valence-corrected chi connectivity index (χ1v) is 5.70. The molecule has 2 aromatic rings. The van der Waals surface area contributed by atoms with Crippen molar-refractivity contribution in [1.29, 1.82) is 0 Å². The van der Waals surface area contributed by atoms with E-state index in [9.17, 15) is 18.0 Å². The van der Waals surface area contributed by atoms with Crippen LogP contribution >= 0.6 is 0 Å². The Kier molecular flexibility index (Phi) is 3.65. The molecule has 2 rings (SSSR count). The van der Waals surface area contributed by atoms with E-state index in [0.717, 1.165) is 24.3 Å². The molecule has 2 aromatic carbocycles. The molecule has 0 saturated heterocycles. The first-order chi connectivity index (χ1) is 9.38. The number of nitrogen functional groups attached to an aromatic ring is 1. The van der Waals surface area contributed by atoms with Gasteiger partial charge in [0.15, 0.2) is 0 Å². The van der Waals surface area contributed by atoms with Crippen molar-refractivity contribution in [2.45, 2.75) is 6.92 Å². The minimum atomic E-state index is -0.757. The van der Waals surface area contributed by atoms with E-state index in [1.165, 1.54) is 13.0 Å². The van der Waals surface area contributed by atoms with Gasteiger partial charge >= 0.3 is 0 Å². The maximum atomic E-state index is 13.6. The Morgan fingerprint density at radius 3 is 2.40 bits per heavy atom. The Balaban J connectivity index is 2.27.